The molecule has 0 saturated heterocycles. The summed E-state index contributed by atoms with van der Waals surface area (Å²) in [7, 11) is 0. The number of nitrogens with zero attached hydrogens (tertiary/aromatic N) is 4. The highest BCUT2D eigenvalue weighted by atomic mass is 79.9. The van der Waals surface area contributed by atoms with Crippen molar-refractivity contribution < 1.29 is 14.3 Å². The smallest absolute Gasteiger partial charge is 0.344 e. The summed E-state index contributed by atoms with van der Waals surface area (Å²) in [5, 5.41) is 5.15. The van der Waals surface area contributed by atoms with Crippen LogP contribution in [0.4, 0.5) is 0 Å². The largest absolute Gasteiger partial charge is 0.482 e. The fraction of sp³-hybridized carbons (Fsp3) is 0.333. The molecule has 2 aromatic heterocycles. The van der Waals surface area contributed by atoms with E-state index in [2.05, 4.69) is 32.5 Å². The van der Waals surface area contributed by atoms with E-state index in [1.54, 1.807) is 26.1 Å². The molecule has 1 atom stereocenters. The van der Waals surface area contributed by atoms with Crippen molar-refractivity contribution in [1.29, 1.82) is 0 Å². The van der Waals surface area contributed by atoms with E-state index in [0.29, 0.717) is 22.5 Å². The van der Waals surface area contributed by atoms with Crippen LogP contribution in [0, 0.1) is 13.8 Å². The van der Waals surface area contributed by atoms with Crippen LogP contribution in [0.5, 0.6) is 5.75 Å². The first-order chi connectivity index (χ1) is 18.6. The second kappa shape index (κ2) is 12.0. The highest BCUT2D eigenvalue weighted by molar-refractivity contribution is 9.10. The van der Waals surface area contributed by atoms with Crippen LogP contribution in [-0.4, -0.2) is 39.1 Å². The molecule has 4 aromatic rings. The molecular formula is C30H33BrN4O4. The van der Waals surface area contributed by atoms with Crippen LogP contribution in [0.3, 0.4) is 0 Å². The summed E-state index contributed by atoms with van der Waals surface area (Å²) in [6.45, 7) is 11.6. The molecule has 9 heteroatoms. The average molecular weight is 594 g/mol. The van der Waals surface area contributed by atoms with Crippen LogP contribution in [-0.2, 0) is 9.53 Å². The highest BCUT2D eigenvalue weighted by Gasteiger charge is 2.16. The molecule has 39 heavy (non-hydrogen) atoms. The van der Waals surface area contributed by atoms with Crippen LogP contribution < -0.4 is 10.3 Å². The van der Waals surface area contributed by atoms with Gasteiger partial charge in [-0.1, -0.05) is 29.8 Å². The van der Waals surface area contributed by atoms with Crippen molar-refractivity contribution in [3.8, 4) is 11.4 Å². The fourth-order valence-electron chi connectivity index (χ4n) is 4.35. The van der Waals surface area contributed by atoms with E-state index in [1.807, 2.05) is 63.2 Å². The molecule has 0 radical (unpaired) electrons. The molecule has 8 nitrogen and oxygen atoms in total. The summed E-state index contributed by atoms with van der Waals surface area (Å²) < 4.78 is 15.0. The van der Waals surface area contributed by atoms with Crippen molar-refractivity contribution in [2.75, 3.05) is 6.61 Å². The minimum atomic E-state index is -0.403. The summed E-state index contributed by atoms with van der Waals surface area (Å²) in [5.41, 5.74) is 4.28. The van der Waals surface area contributed by atoms with Crippen LogP contribution in [0.15, 0.2) is 62.9 Å². The van der Waals surface area contributed by atoms with E-state index in [-0.39, 0.29) is 24.2 Å². The first-order valence-corrected chi connectivity index (χ1v) is 13.8. The van der Waals surface area contributed by atoms with Gasteiger partial charge in [-0.3, -0.25) is 4.79 Å². The average Bonchev–Trinajstić information content (AvgIpc) is 3.19. The Morgan fingerprint density at radius 2 is 1.82 bits per heavy atom. The third-order valence-corrected chi connectivity index (χ3v) is 6.98. The number of rotatable bonds is 9. The molecule has 0 spiro atoms. The van der Waals surface area contributed by atoms with Gasteiger partial charge in [-0.05, 0) is 82.6 Å². The van der Waals surface area contributed by atoms with E-state index in [0.717, 1.165) is 33.5 Å². The standard InChI is InChI=1S/C30H33BrN4O4/c1-7-19(4)29-33-27-13-8-23(31)15-26(27)30(37)35(29)32-16-22-14-20(5)34(21(22)6)24-9-11-25(12-10-24)38-17-28(36)39-18(2)3/h8-16,18-19H,7,17H2,1-6H3/t19-/m1/s1. The lowest BCUT2D eigenvalue weighted by atomic mass is 10.1. The molecule has 0 fully saturated rings. The number of benzene rings is 2. The Bertz CT molecular complexity index is 1590. The number of fused-ring (bicyclic) bond motifs is 1. The minimum absolute atomic E-state index is 0.0586. The van der Waals surface area contributed by atoms with Gasteiger partial charge in [0.2, 0.25) is 0 Å². The first kappa shape index (κ1) is 28.3. The number of hydrogen-bond donors (Lipinski definition) is 0. The van der Waals surface area contributed by atoms with Crippen molar-refractivity contribution in [3.05, 3.63) is 86.1 Å². The molecule has 204 valence electrons. The van der Waals surface area contributed by atoms with Crippen molar-refractivity contribution in [3.63, 3.8) is 0 Å². The molecule has 0 amide bonds. The van der Waals surface area contributed by atoms with Gasteiger partial charge in [-0.15, -0.1) is 0 Å². The predicted molar refractivity (Wildman–Crippen MR) is 157 cm³/mol. The molecule has 2 heterocycles. The summed E-state index contributed by atoms with van der Waals surface area (Å²) in [6, 6.07) is 15.1. The zero-order valence-electron chi connectivity index (χ0n) is 23.1. The Morgan fingerprint density at radius 1 is 1.10 bits per heavy atom. The van der Waals surface area contributed by atoms with Crippen molar-refractivity contribution in [2.45, 2.75) is 60.0 Å². The van der Waals surface area contributed by atoms with E-state index >= 15 is 0 Å². The second-order valence-electron chi connectivity index (χ2n) is 9.79. The Labute approximate surface area is 236 Å². The topological polar surface area (TPSA) is 87.7 Å². The van der Waals surface area contributed by atoms with Gasteiger partial charge in [0.05, 0.1) is 23.2 Å². The fourth-order valence-corrected chi connectivity index (χ4v) is 4.71. The lowest BCUT2D eigenvalue weighted by Gasteiger charge is -2.14. The summed E-state index contributed by atoms with van der Waals surface area (Å²) in [5.74, 6) is 0.870. The summed E-state index contributed by atoms with van der Waals surface area (Å²) in [4.78, 5) is 30.0. The summed E-state index contributed by atoms with van der Waals surface area (Å²) >= 11 is 3.45. The molecule has 0 aliphatic heterocycles. The van der Waals surface area contributed by atoms with Gasteiger partial charge in [-0.2, -0.15) is 9.78 Å². The third kappa shape index (κ3) is 6.30. The molecule has 0 aliphatic rings. The van der Waals surface area contributed by atoms with E-state index < -0.39 is 5.97 Å². The molecule has 0 unspecified atom stereocenters. The Morgan fingerprint density at radius 3 is 2.49 bits per heavy atom. The van der Waals surface area contributed by atoms with Gasteiger partial charge >= 0.3 is 5.97 Å². The lowest BCUT2D eigenvalue weighted by Crippen LogP contribution is -2.23. The van der Waals surface area contributed by atoms with Crippen LogP contribution in [0.25, 0.3) is 16.6 Å². The zero-order chi connectivity index (χ0) is 28.3. The first-order valence-electron chi connectivity index (χ1n) is 13.0. The maximum absolute atomic E-state index is 13.4. The number of hydrogen-bond acceptors (Lipinski definition) is 6. The maximum atomic E-state index is 13.4. The van der Waals surface area contributed by atoms with Gasteiger partial charge in [-0.25, -0.2) is 9.78 Å². The molecule has 0 bridgehead atoms. The van der Waals surface area contributed by atoms with Gasteiger partial charge in [0.1, 0.15) is 11.6 Å². The van der Waals surface area contributed by atoms with E-state index in [9.17, 15) is 9.59 Å². The van der Waals surface area contributed by atoms with E-state index in [1.165, 1.54) is 4.68 Å². The van der Waals surface area contributed by atoms with Crippen molar-refractivity contribution >= 4 is 39.0 Å². The van der Waals surface area contributed by atoms with Crippen LogP contribution in [0.1, 0.15) is 62.8 Å². The molecule has 4 rings (SSSR count). The monoisotopic (exact) mass is 592 g/mol. The number of ether oxygens (including phenoxy) is 2. The van der Waals surface area contributed by atoms with Crippen molar-refractivity contribution in [1.82, 2.24) is 14.2 Å². The number of aryl methyl sites for hydroxylation is 1. The highest BCUT2D eigenvalue weighted by Crippen LogP contribution is 2.24. The second-order valence-corrected chi connectivity index (χ2v) is 10.7. The quantitative estimate of drug-likeness (QED) is 0.168. The Balaban J connectivity index is 1.64. The molecule has 0 saturated carbocycles. The van der Waals surface area contributed by atoms with Gasteiger partial charge in [0.15, 0.2) is 6.61 Å². The molecule has 2 aromatic carbocycles. The third-order valence-electron chi connectivity index (χ3n) is 6.49. The predicted octanol–water partition coefficient (Wildman–Crippen LogP) is 6.29. The SMILES string of the molecule is CC[C@@H](C)c1nc2ccc(Br)cc2c(=O)n1N=Cc1cc(C)n(-c2ccc(OCC(=O)OC(C)C)cc2)c1C. The molecule has 0 N–H and O–H groups in total. The maximum Gasteiger partial charge on any atom is 0.344 e. The normalized spacial score (nSPS) is 12.4. The van der Waals surface area contributed by atoms with Gasteiger partial charge in [0, 0.05) is 33.0 Å². The number of carbonyl (C=O) groups excluding carboxylic acids is 1. The van der Waals surface area contributed by atoms with Gasteiger partial charge < -0.3 is 14.0 Å². The molecular weight excluding hydrogens is 560 g/mol. The number of aromatic nitrogens is 3. The van der Waals surface area contributed by atoms with Crippen molar-refractivity contribution in [2.24, 2.45) is 5.10 Å². The van der Waals surface area contributed by atoms with Crippen LogP contribution >= 0.6 is 15.9 Å². The molecule has 0 aliphatic carbocycles. The van der Waals surface area contributed by atoms with E-state index in [4.69, 9.17) is 14.5 Å². The zero-order valence-corrected chi connectivity index (χ0v) is 24.7. The minimum Gasteiger partial charge on any atom is -0.482 e. The van der Waals surface area contributed by atoms with Crippen LogP contribution in [0.2, 0.25) is 0 Å². The lowest BCUT2D eigenvalue weighted by molar-refractivity contribution is -0.149. The van der Waals surface area contributed by atoms with Gasteiger partial charge in [0.25, 0.3) is 5.56 Å². The number of esters is 1. The number of halogens is 1. The summed E-state index contributed by atoms with van der Waals surface area (Å²) in [6.07, 6.45) is 2.37. The number of carbonyl (C=O) groups is 1. The Hall–Kier alpha value is -3.72. The Kier molecular flexibility index (Phi) is 8.70.